The van der Waals surface area contributed by atoms with Gasteiger partial charge in [0.1, 0.15) is 0 Å². The summed E-state index contributed by atoms with van der Waals surface area (Å²) in [5.74, 6) is -0.311. The van der Waals surface area contributed by atoms with Crippen molar-refractivity contribution in [2.75, 3.05) is 12.4 Å². The molecule has 20 heavy (non-hydrogen) atoms. The van der Waals surface area contributed by atoms with E-state index in [4.69, 9.17) is 4.74 Å². The van der Waals surface area contributed by atoms with Gasteiger partial charge in [-0.1, -0.05) is 32.6 Å². The Morgan fingerprint density at radius 1 is 1.25 bits per heavy atom. The Labute approximate surface area is 118 Å². The maximum absolute atomic E-state index is 11.6. The number of ether oxygens (including phenoxy) is 1. The number of hydrogen-bond donors (Lipinski definition) is 1. The van der Waals surface area contributed by atoms with Crippen LogP contribution in [0.1, 0.15) is 29.8 Å². The van der Waals surface area contributed by atoms with E-state index in [0.717, 1.165) is 22.2 Å². The molecule has 2 aromatic carbocycles. The van der Waals surface area contributed by atoms with Gasteiger partial charge in [0, 0.05) is 16.8 Å². The maximum Gasteiger partial charge on any atom is 0.337 e. The number of fused-ring (bicyclic) bond motifs is 3. The Hall–Kier alpha value is -2.29. The Bertz CT molecular complexity index is 744. The highest BCUT2D eigenvalue weighted by molar-refractivity contribution is 5.99. The first-order valence-corrected chi connectivity index (χ1v) is 6.57. The van der Waals surface area contributed by atoms with Crippen molar-refractivity contribution in [2.45, 2.75) is 19.3 Å². The van der Waals surface area contributed by atoms with Gasteiger partial charge in [-0.15, -0.1) is 0 Å². The highest BCUT2D eigenvalue weighted by Gasteiger charge is 2.34. The zero-order valence-corrected chi connectivity index (χ0v) is 11.9. The van der Waals surface area contributed by atoms with Crippen LogP contribution in [0.25, 0.3) is 10.8 Å². The molecule has 3 nitrogen and oxygen atoms in total. The number of carbonyl (C=O) groups excluding carboxylic acids is 1. The average Bonchev–Trinajstić information content (AvgIpc) is 2.68. The predicted molar refractivity (Wildman–Crippen MR) is 81.1 cm³/mol. The monoisotopic (exact) mass is 267 g/mol. The molecular formula is C17H17NO2. The van der Waals surface area contributed by atoms with E-state index in [2.05, 4.69) is 25.7 Å². The zero-order chi connectivity index (χ0) is 14.5. The number of carbonyl (C=O) groups is 1. The summed E-state index contributed by atoms with van der Waals surface area (Å²) < 4.78 is 4.77. The van der Waals surface area contributed by atoms with E-state index in [1.165, 1.54) is 12.7 Å². The van der Waals surface area contributed by atoms with Gasteiger partial charge >= 0.3 is 5.97 Å². The molecule has 0 aliphatic carbocycles. The second kappa shape index (κ2) is 4.10. The van der Waals surface area contributed by atoms with Gasteiger partial charge < -0.3 is 10.1 Å². The van der Waals surface area contributed by atoms with Gasteiger partial charge in [-0.2, -0.15) is 0 Å². The molecule has 0 atom stereocenters. The van der Waals surface area contributed by atoms with Gasteiger partial charge in [0.2, 0.25) is 0 Å². The smallest absolute Gasteiger partial charge is 0.337 e. The van der Waals surface area contributed by atoms with Crippen LogP contribution < -0.4 is 5.32 Å². The van der Waals surface area contributed by atoms with Crippen LogP contribution in [-0.4, -0.2) is 13.1 Å². The SMILES string of the molecule is C=C1Nc2ccc3cc(C(=O)OC)ccc3c2C1(C)C. The van der Waals surface area contributed by atoms with Gasteiger partial charge in [-0.3, -0.25) is 0 Å². The van der Waals surface area contributed by atoms with Gasteiger partial charge in [0.05, 0.1) is 12.7 Å². The third-order valence-electron chi connectivity index (χ3n) is 4.11. The average molecular weight is 267 g/mol. The lowest BCUT2D eigenvalue weighted by Crippen LogP contribution is -2.16. The van der Waals surface area contributed by atoms with Crippen LogP contribution in [-0.2, 0) is 10.2 Å². The Balaban J connectivity index is 2.27. The molecule has 0 amide bonds. The minimum absolute atomic E-state index is 0.123. The quantitative estimate of drug-likeness (QED) is 0.798. The van der Waals surface area contributed by atoms with Crippen molar-refractivity contribution >= 4 is 22.4 Å². The summed E-state index contributed by atoms with van der Waals surface area (Å²) in [6.07, 6.45) is 0. The first-order chi connectivity index (χ1) is 9.45. The van der Waals surface area contributed by atoms with E-state index in [9.17, 15) is 4.79 Å². The van der Waals surface area contributed by atoms with Gasteiger partial charge in [-0.25, -0.2) is 4.79 Å². The second-order valence-corrected chi connectivity index (χ2v) is 5.64. The van der Waals surface area contributed by atoms with Crippen molar-refractivity contribution in [3.05, 3.63) is 53.7 Å². The number of esters is 1. The van der Waals surface area contributed by atoms with E-state index in [1.54, 1.807) is 0 Å². The van der Waals surface area contributed by atoms with Gasteiger partial charge in [0.25, 0.3) is 0 Å². The topological polar surface area (TPSA) is 38.3 Å². The minimum Gasteiger partial charge on any atom is -0.465 e. The van der Waals surface area contributed by atoms with Crippen molar-refractivity contribution in [2.24, 2.45) is 0 Å². The maximum atomic E-state index is 11.6. The third-order valence-corrected chi connectivity index (χ3v) is 4.11. The van der Waals surface area contributed by atoms with Crippen molar-refractivity contribution in [3.8, 4) is 0 Å². The number of rotatable bonds is 1. The molecule has 0 aromatic heterocycles. The molecule has 0 radical (unpaired) electrons. The van der Waals surface area contributed by atoms with Crippen molar-refractivity contribution in [3.63, 3.8) is 0 Å². The van der Waals surface area contributed by atoms with Crippen LogP contribution >= 0.6 is 0 Å². The lowest BCUT2D eigenvalue weighted by molar-refractivity contribution is 0.0601. The summed E-state index contributed by atoms with van der Waals surface area (Å²) in [6.45, 7) is 8.41. The molecule has 3 heteroatoms. The Morgan fingerprint density at radius 2 is 2.00 bits per heavy atom. The van der Waals surface area contributed by atoms with Crippen LogP contribution in [0, 0.1) is 0 Å². The van der Waals surface area contributed by atoms with E-state index in [1.807, 2.05) is 30.3 Å². The van der Waals surface area contributed by atoms with E-state index in [-0.39, 0.29) is 11.4 Å². The largest absolute Gasteiger partial charge is 0.465 e. The molecule has 0 fully saturated rings. The number of allylic oxidation sites excluding steroid dienone is 1. The number of methoxy groups -OCH3 is 1. The summed E-state index contributed by atoms with van der Waals surface area (Å²) in [7, 11) is 1.40. The van der Waals surface area contributed by atoms with E-state index < -0.39 is 0 Å². The molecule has 1 aliphatic heterocycles. The van der Waals surface area contributed by atoms with Crippen molar-refractivity contribution in [1.29, 1.82) is 0 Å². The van der Waals surface area contributed by atoms with Crippen LogP contribution in [0.4, 0.5) is 5.69 Å². The molecule has 0 saturated heterocycles. The molecule has 1 N–H and O–H groups in total. The number of anilines is 1. The number of benzene rings is 2. The fraction of sp³-hybridized carbons (Fsp3) is 0.235. The third kappa shape index (κ3) is 1.63. The fourth-order valence-corrected chi connectivity index (χ4v) is 2.82. The first-order valence-electron chi connectivity index (χ1n) is 6.57. The molecule has 1 heterocycles. The molecule has 0 spiro atoms. The Kier molecular flexibility index (Phi) is 2.61. The van der Waals surface area contributed by atoms with Gasteiger partial charge in [0.15, 0.2) is 0 Å². The summed E-state index contributed by atoms with van der Waals surface area (Å²) in [5.41, 5.74) is 3.77. The summed E-state index contributed by atoms with van der Waals surface area (Å²) >= 11 is 0. The number of nitrogens with one attached hydrogen (secondary N) is 1. The molecule has 102 valence electrons. The van der Waals surface area contributed by atoms with Crippen LogP contribution in [0.15, 0.2) is 42.6 Å². The van der Waals surface area contributed by atoms with Crippen LogP contribution in [0.5, 0.6) is 0 Å². The minimum atomic E-state index is -0.311. The van der Waals surface area contributed by atoms with E-state index >= 15 is 0 Å². The van der Waals surface area contributed by atoms with Crippen molar-refractivity contribution < 1.29 is 9.53 Å². The van der Waals surface area contributed by atoms with Crippen molar-refractivity contribution in [1.82, 2.24) is 0 Å². The van der Waals surface area contributed by atoms with Gasteiger partial charge in [-0.05, 0) is 34.5 Å². The molecule has 0 unspecified atom stereocenters. The molecular weight excluding hydrogens is 250 g/mol. The fourth-order valence-electron chi connectivity index (χ4n) is 2.82. The first kappa shape index (κ1) is 12.7. The zero-order valence-electron chi connectivity index (χ0n) is 11.9. The summed E-state index contributed by atoms with van der Waals surface area (Å²) in [6, 6.07) is 9.73. The standard InChI is InChI=1S/C17H17NO2/c1-10-17(2,3)15-13-7-5-12(16(19)20-4)9-11(13)6-8-14(15)18-10/h5-9,18H,1H2,2-4H3. The molecule has 0 bridgehead atoms. The lowest BCUT2D eigenvalue weighted by atomic mass is 9.81. The molecule has 0 saturated carbocycles. The number of hydrogen-bond acceptors (Lipinski definition) is 3. The summed E-state index contributed by atoms with van der Waals surface area (Å²) in [5, 5.41) is 5.53. The Morgan fingerprint density at radius 3 is 2.70 bits per heavy atom. The van der Waals surface area contributed by atoms with E-state index in [0.29, 0.717) is 5.56 Å². The molecule has 3 rings (SSSR count). The highest BCUT2D eigenvalue weighted by Crippen LogP contribution is 2.46. The lowest BCUT2D eigenvalue weighted by Gasteiger charge is -2.21. The second-order valence-electron chi connectivity index (χ2n) is 5.64. The van der Waals surface area contributed by atoms with Crippen LogP contribution in [0.3, 0.4) is 0 Å². The van der Waals surface area contributed by atoms with Crippen LogP contribution in [0.2, 0.25) is 0 Å². The highest BCUT2D eigenvalue weighted by atomic mass is 16.5. The molecule has 2 aromatic rings. The normalized spacial score (nSPS) is 15.8. The summed E-state index contributed by atoms with van der Waals surface area (Å²) in [4.78, 5) is 11.6. The predicted octanol–water partition coefficient (Wildman–Crippen LogP) is 3.84. The molecule has 1 aliphatic rings.